The first-order valence-corrected chi connectivity index (χ1v) is 10.6. The van der Waals surface area contributed by atoms with Crippen molar-refractivity contribution in [1.29, 1.82) is 0 Å². The fraction of sp³-hybridized carbons (Fsp3) is 0.481. The van der Waals surface area contributed by atoms with Gasteiger partial charge in [-0.3, -0.25) is 0 Å². The molecule has 0 saturated carbocycles. The van der Waals surface area contributed by atoms with E-state index in [0.29, 0.717) is 0 Å². The van der Waals surface area contributed by atoms with Gasteiger partial charge in [-0.2, -0.15) is 0 Å². The molecule has 1 heteroatoms. The molecule has 0 unspecified atom stereocenters. The van der Waals surface area contributed by atoms with E-state index in [1.807, 2.05) is 6.26 Å². The zero-order valence-corrected chi connectivity index (χ0v) is 18.6. The summed E-state index contributed by atoms with van der Waals surface area (Å²) >= 11 is 0. The number of hydrogen-bond donors (Lipinski definition) is 0. The van der Waals surface area contributed by atoms with E-state index < -0.39 is 0 Å². The van der Waals surface area contributed by atoms with Gasteiger partial charge in [0.15, 0.2) is 0 Å². The summed E-state index contributed by atoms with van der Waals surface area (Å²) in [5, 5.41) is 1.28. The van der Waals surface area contributed by atoms with Crippen molar-refractivity contribution in [3.63, 3.8) is 0 Å². The van der Waals surface area contributed by atoms with Crippen LogP contribution in [0.3, 0.4) is 0 Å². The summed E-state index contributed by atoms with van der Waals surface area (Å²) in [6.45, 7) is 16.3. The van der Waals surface area contributed by atoms with Crippen molar-refractivity contribution in [3.8, 4) is 0 Å². The average molecular weight is 375 g/mol. The quantitative estimate of drug-likeness (QED) is 0.448. The number of furan rings is 1. The topological polar surface area (TPSA) is 13.1 Å². The number of rotatable bonds is 2. The molecule has 148 valence electrons. The smallest absolute Gasteiger partial charge is 0.134 e. The van der Waals surface area contributed by atoms with Gasteiger partial charge in [0.1, 0.15) is 5.58 Å². The van der Waals surface area contributed by atoms with Crippen molar-refractivity contribution in [2.75, 3.05) is 0 Å². The Morgan fingerprint density at radius 3 is 2.00 bits per heavy atom. The molecule has 28 heavy (non-hydrogen) atoms. The molecule has 1 nitrogen and oxygen atoms in total. The molecule has 1 aliphatic carbocycles. The highest BCUT2D eigenvalue weighted by atomic mass is 16.3. The summed E-state index contributed by atoms with van der Waals surface area (Å²) in [5.74, 6) is 0. The van der Waals surface area contributed by atoms with Crippen molar-refractivity contribution in [3.05, 3.63) is 70.5 Å². The molecule has 4 rings (SSSR count). The highest BCUT2D eigenvalue weighted by molar-refractivity contribution is 5.84. The van der Waals surface area contributed by atoms with E-state index in [9.17, 15) is 0 Å². The van der Waals surface area contributed by atoms with Crippen molar-refractivity contribution in [2.45, 2.75) is 84.0 Å². The summed E-state index contributed by atoms with van der Waals surface area (Å²) in [4.78, 5) is 0. The maximum Gasteiger partial charge on any atom is 0.134 e. The molecule has 0 amide bonds. The second kappa shape index (κ2) is 6.24. The Kier molecular flexibility index (Phi) is 4.30. The Bertz CT molecular complexity index is 1010. The van der Waals surface area contributed by atoms with Gasteiger partial charge in [0, 0.05) is 17.4 Å². The Hall–Kier alpha value is -2.02. The summed E-state index contributed by atoms with van der Waals surface area (Å²) in [5.41, 5.74) is 8.65. The maximum atomic E-state index is 6.03. The van der Waals surface area contributed by atoms with Gasteiger partial charge >= 0.3 is 0 Å². The van der Waals surface area contributed by atoms with Gasteiger partial charge < -0.3 is 4.42 Å². The van der Waals surface area contributed by atoms with Gasteiger partial charge in [0.25, 0.3) is 0 Å². The third kappa shape index (κ3) is 3.30. The van der Waals surface area contributed by atoms with E-state index >= 15 is 0 Å². The summed E-state index contributed by atoms with van der Waals surface area (Å²) in [7, 11) is 0. The summed E-state index contributed by atoms with van der Waals surface area (Å²) in [6, 6.07) is 13.8. The van der Waals surface area contributed by atoms with Crippen LogP contribution in [0, 0.1) is 0 Å². The fourth-order valence-corrected chi connectivity index (χ4v) is 4.62. The SMILES string of the molecule is CC(C)(C)c1ccc(Cc2coc3cc4c(cc23)C(C)(C)CCC4(C)C)cc1. The predicted molar refractivity (Wildman–Crippen MR) is 119 cm³/mol. The van der Waals surface area contributed by atoms with Crippen LogP contribution in [0.15, 0.2) is 47.1 Å². The fourth-order valence-electron chi connectivity index (χ4n) is 4.62. The van der Waals surface area contributed by atoms with E-state index in [4.69, 9.17) is 4.42 Å². The first-order valence-electron chi connectivity index (χ1n) is 10.6. The van der Waals surface area contributed by atoms with Crippen LogP contribution in [0.25, 0.3) is 11.0 Å². The van der Waals surface area contributed by atoms with Crippen LogP contribution in [-0.2, 0) is 22.7 Å². The van der Waals surface area contributed by atoms with Crippen LogP contribution in [0.5, 0.6) is 0 Å². The first-order chi connectivity index (χ1) is 13.0. The zero-order chi connectivity index (χ0) is 20.3. The molecule has 0 bridgehead atoms. The molecule has 0 saturated heterocycles. The minimum atomic E-state index is 0.193. The standard InChI is InChI=1S/C27H34O/c1-25(2,3)20-10-8-18(9-11-20)14-19-17-28-24-16-23-22(15-21(19)24)26(4,5)12-13-27(23,6)7/h8-11,15-17H,12-14H2,1-7H3. The van der Waals surface area contributed by atoms with Crippen LogP contribution in [0.2, 0.25) is 0 Å². The summed E-state index contributed by atoms with van der Waals surface area (Å²) < 4.78 is 6.03. The van der Waals surface area contributed by atoms with E-state index in [-0.39, 0.29) is 16.2 Å². The van der Waals surface area contributed by atoms with Gasteiger partial charge in [0.2, 0.25) is 0 Å². The van der Waals surface area contributed by atoms with Crippen LogP contribution < -0.4 is 0 Å². The molecule has 1 aromatic heterocycles. The maximum absolute atomic E-state index is 6.03. The second-order valence-electron chi connectivity index (χ2n) is 11.0. The number of hydrogen-bond acceptors (Lipinski definition) is 1. The van der Waals surface area contributed by atoms with Gasteiger partial charge in [-0.25, -0.2) is 0 Å². The van der Waals surface area contributed by atoms with Crippen LogP contribution >= 0.6 is 0 Å². The Labute approximate surface area is 170 Å². The largest absolute Gasteiger partial charge is 0.464 e. The molecule has 1 heterocycles. The average Bonchev–Trinajstić information content (AvgIpc) is 3.00. The third-order valence-corrected chi connectivity index (χ3v) is 6.84. The normalized spacial score (nSPS) is 18.2. The van der Waals surface area contributed by atoms with Crippen LogP contribution in [0.1, 0.15) is 89.1 Å². The number of benzene rings is 2. The molecule has 0 aliphatic heterocycles. The molecule has 0 N–H and O–H groups in total. The molecule has 0 atom stereocenters. The van der Waals surface area contributed by atoms with Gasteiger partial charge in [-0.15, -0.1) is 0 Å². The van der Waals surface area contributed by atoms with Gasteiger partial charge in [-0.05, 0) is 63.5 Å². The molecular formula is C27H34O. The first kappa shape index (κ1) is 19.3. The predicted octanol–water partition coefficient (Wildman–Crippen LogP) is 7.67. The van der Waals surface area contributed by atoms with Crippen LogP contribution in [-0.4, -0.2) is 0 Å². The highest BCUT2D eigenvalue weighted by Gasteiger charge is 2.37. The van der Waals surface area contributed by atoms with E-state index in [2.05, 4.69) is 84.9 Å². The van der Waals surface area contributed by atoms with E-state index in [1.165, 1.54) is 46.0 Å². The van der Waals surface area contributed by atoms with Crippen molar-refractivity contribution in [2.24, 2.45) is 0 Å². The molecule has 0 fully saturated rings. The Morgan fingerprint density at radius 1 is 0.857 bits per heavy atom. The monoisotopic (exact) mass is 374 g/mol. The summed E-state index contributed by atoms with van der Waals surface area (Å²) in [6.07, 6.45) is 5.35. The molecule has 2 aromatic carbocycles. The lowest BCUT2D eigenvalue weighted by molar-refractivity contribution is 0.332. The third-order valence-electron chi connectivity index (χ3n) is 6.84. The minimum Gasteiger partial charge on any atom is -0.464 e. The molecular weight excluding hydrogens is 340 g/mol. The lowest BCUT2D eigenvalue weighted by Crippen LogP contribution is -2.33. The molecule has 3 aromatic rings. The Morgan fingerprint density at radius 2 is 1.43 bits per heavy atom. The minimum absolute atomic E-state index is 0.193. The zero-order valence-electron chi connectivity index (χ0n) is 18.6. The lowest BCUT2D eigenvalue weighted by atomic mass is 9.63. The van der Waals surface area contributed by atoms with Crippen molar-refractivity contribution in [1.82, 2.24) is 0 Å². The second-order valence-corrected chi connectivity index (χ2v) is 11.0. The number of fused-ring (bicyclic) bond motifs is 2. The highest BCUT2D eigenvalue weighted by Crippen LogP contribution is 2.47. The van der Waals surface area contributed by atoms with Gasteiger partial charge in [0.05, 0.1) is 6.26 Å². The van der Waals surface area contributed by atoms with Crippen molar-refractivity contribution < 1.29 is 4.42 Å². The van der Waals surface area contributed by atoms with Crippen LogP contribution in [0.4, 0.5) is 0 Å². The lowest BCUT2D eigenvalue weighted by Gasteiger charge is -2.41. The van der Waals surface area contributed by atoms with E-state index in [0.717, 1.165) is 12.0 Å². The van der Waals surface area contributed by atoms with Crippen molar-refractivity contribution >= 4 is 11.0 Å². The van der Waals surface area contributed by atoms with Gasteiger partial charge in [-0.1, -0.05) is 72.7 Å². The molecule has 1 aliphatic rings. The molecule has 0 radical (unpaired) electrons. The van der Waals surface area contributed by atoms with E-state index in [1.54, 1.807) is 0 Å². The Balaban J connectivity index is 1.74. The molecule has 0 spiro atoms.